The van der Waals surface area contributed by atoms with Crippen LogP contribution < -0.4 is 5.32 Å². The van der Waals surface area contributed by atoms with Gasteiger partial charge in [-0.3, -0.25) is 9.36 Å². The van der Waals surface area contributed by atoms with Crippen LogP contribution in [0.15, 0.2) is 54.9 Å². The average molecular weight is 258 g/mol. The van der Waals surface area contributed by atoms with Crippen LogP contribution in [-0.2, 0) is 4.74 Å². The Labute approximate surface area is 110 Å². The molecule has 1 atom stereocenters. The zero-order valence-corrected chi connectivity index (χ0v) is 10.4. The molecule has 19 heavy (non-hydrogen) atoms. The van der Waals surface area contributed by atoms with E-state index in [9.17, 15) is 9.59 Å². The molecule has 1 aromatic heterocycles. The maximum absolute atomic E-state index is 12.4. The molecule has 5 nitrogen and oxygen atoms in total. The molecule has 1 heterocycles. The van der Waals surface area contributed by atoms with Crippen LogP contribution in [0.4, 0.5) is 4.79 Å². The fraction of sp³-hybridized carbons (Fsp3) is 0.143. The molecule has 0 radical (unpaired) electrons. The lowest BCUT2D eigenvalue weighted by Crippen LogP contribution is -2.35. The van der Waals surface area contributed by atoms with Gasteiger partial charge in [-0.05, 0) is 17.7 Å². The van der Waals surface area contributed by atoms with Crippen molar-refractivity contribution in [3.05, 3.63) is 60.4 Å². The van der Waals surface area contributed by atoms with Gasteiger partial charge >= 0.3 is 6.09 Å². The van der Waals surface area contributed by atoms with Crippen LogP contribution >= 0.6 is 0 Å². The highest BCUT2D eigenvalue weighted by Crippen LogP contribution is 2.15. The summed E-state index contributed by atoms with van der Waals surface area (Å²) in [5, 5.41) is 2.54. The highest BCUT2D eigenvalue weighted by Gasteiger charge is 2.23. The normalized spacial score (nSPS) is 11.6. The van der Waals surface area contributed by atoms with Crippen molar-refractivity contribution in [3.8, 4) is 0 Å². The topological polar surface area (TPSA) is 60.3 Å². The molecule has 0 unspecified atom stereocenters. The first-order chi connectivity index (χ1) is 9.22. The number of amides is 1. The summed E-state index contributed by atoms with van der Waals surface area (Å²) in [6.45, 7) is 0. The SMILES string of the molecule is COC(=O)N[C@@H](C(=O)n1cccc1)c1ccccc1. The Hall–Kier alpha value is -2.56. The summed E-state index contributed by atoms with van der Waals surface area (Å²) in [6, 6.07) is 11.7. The first-order valence-corrected chi connectivity index (χ1v) is 5.79. The van der Waals surface area contributed by atoms with Crippen molar-refractivity contribution in [2.75, 3.05) is 7.11 Å². The number of alkyl carbamates (subject to hydrolysis) is 1. The number of nitrogens with one attached hydrogen (secondary N) is 1. The third-order valence-corrected chi connectivity index (χ3v) is 2.69. The van der Waals surface area contributed by atoms with E-state index in [0.29, 0.717) is 5.56 Å². The molecule has 0 saturated carbocycles. The number of hydrogen-bond acceptors (Lipinski definition) is 3. The van der Waals surface area contributed by atoms with Gasteiger partial charge in [0, 0.05) is 12.4 Å². The van der Waals surface area contributed by atoms with Gasteiger partial charge in [0.1, 0.15) is 6.04 Å². The molecule has 0 bridgehead atoms. The van der Waals surface area contributed by atoms with E-state index >= 15 is 0 Å². The van der Waals surface area contributed by atoms with E-state index < -0.39 is 12.1 Å². The Morgan fingerprint density at radius 2 is 1.74 bits per heavy atom. The van der Waals surface area contributed by atoms with E-state index in [1.165, 1.54) is 11.7 Å². The van der Waals surface area contributed by atoms with E-state index in [0.717, 1.165) is 0 Å². The number of benzene rings is 1. The standard InChI is InChI=1S/C14H14N2O3/c1-19-14(18)15-12(11-7-3-2-4-8-11)13(17)16-9-5-6-10-16/h2-10,12H,1H3,(H,15,18)/t12-/m1/s1. The van der Waals surface area contributed by atoms with E-state index in [2.05, 4.69) is 10.1 Å². The number of rotatable bonds is 3. The number of nitrogens with zero attached hydrogens (tertiary/aromatic N) is 1. The van der Waals surface area contributed by atoms with E-state index in [4.69, 9.17) is 0 Å². The third-order valence-electron chi connectivity index (χ3n) is 2.69. The summed E-state index contributed by atoms with van der Waals surface area (Å²) in [4.78, 5) is 23.7. The van der Waals surface area contributed by atoms with E-state index in [-0.39, 0.29) is 5.91 Å². The fourth-order valence-electron chi connectivity index (χ4n) is 1.74. The monoisotopic (exact) mass is 258 g/mol. The lowest BCUT2D eigenvalue weighted by molar-refractivity contribution is 0.0849. The second-order valence-corrected chi connectivity index (χ2v) is 3.91. The predicted octanol–water partition coefficient (Wildman–Crippen LogP) is 2.23. The lowest BCUT2D eigenvalue weighted by Gasteiger charge is -2.17. The number of aromatic nitrogens is 1. The van der Waals surface area contributed by atoms with E-state index in [1.807, 2.05) is 18.2 Å². The second-order valence-electron chi connectivity index (χ2n) is 3.91. The number of methoxy groups -OCH3 is 1. The summed E-state index contributed by atoms with van der Waals surface area (Å²) < 4.78 is 5.98. The van der Waals surface area contributed by atoms with Gasteiger partial charge in [-0.15, -0.1) is 0 Å². The minimum absolute atomic E-state index is 0.249. The van der Waals surface area contributed by atoms with Crippen molar-refractivity contribution in [1.82, 2.24) is 9.88 Å². The fourth-order valence-corrected chi connectivity index (χ4v) is 1.74. The summed E-state index contributed by atoms with van der Waals surface area (Å²) in [5.41, 5.74) is 0.701. The maximum atomic E-state index is 12.4. The largest absolute Gasteiger partial charge is 0.453 e. The highest BCUT2D eigenvalue weighted by molar-refractivity contribution is 5.88. The highest BCUT2D eigenvalue weighted by atomic mass is 16.5. The Morgan fingerprint density at radius 3 is 2.32 bits per heavy atom. The summed E-state index contributed by atoms with van der Waals surface area (Å²) >= 11 is 0. The molecule has 1 N–H and O–H groups in total. The molecular formula is C14H14N2O3. The van der Waals surface area contributed by atoms with Crippen molar-refractivity contribution in [3.63, 3.8) is 0 Å². The van der Waals surface area contributed by atoms with Crippen molar-refractivity contribution < 1.29 is 14.3 Å². The number of hydrogen-bond donors (Lipinski definition) is 1. The minimum Gasteiger partial charge on any atom is -0.453 e. The van der Waals surface area contributed by atoms with Crippen LogP contribution in [0, 0.1) is 0 Å². The van der Waals surface area contributed by atoms with Gasteiger partial charge in [-0.1, -0.05) is 30.3 Å². The third kappa shape index (κ3) is 3.01. The van der Waals surface area contributed by atoms with Gasteiger partial charge < -0.3 is 10.1 Å². The van der Waals surface area contributed by atoms with Gasteiger partial charge in [0.25, 0.3) is 5.91 Å². The van der Waals surface area contributed by atoms with Crippen LogP contribution in [0.2, 0.25) is 0 Å². The zero-order chi connectivity index (χ0) is 13.7. The Bertz CT molecular complexity index is 549. The molecule has 0 aliphatic heterocycles. The van der Waals surface area contributed by atoms with Gasteiger partial charge in [-0.25, -0.2) is 4.79 Å². The lowest BCUT2D eigenvalue weighted by atomic mass is 10.1. The van der Waals surface area contributed by atoms with Crippen LogP contribution in [0.3, 0.4) is 0 Å². The van der Waals surface area contributed by atoms with Crippen molar-refractivity contribution >= 4 is 12.0 Å². The number of carbonyl (C=O) groups excluding carboxylic acids is 2. The number of carbonyl (C=O) groups is 2. The molecule has 0 aliphatic rings. The molecule has 0 saturated heterocycles. The van der Waals surface area contributed by atoms with Crippen molar-refractivity contribution in [1.29, 1.82) is 0 Å². The van der Waals surface area contributed by atoms with Gasteiger partial charge in [0.05, 0.1) is 7.11 Å². The quantitative estimate of drug-likeness (QED) is 0.918. The Balaban J connectivity index is 2.29. The molecular weight excluding hydrogens is 244 g/mol. The molecule has 1 amide bonds. The maximum Gasteiger partial charge on any atom is 0.407 e. The van der Waals surface area contributed by atoms with E-state index in [1.54, 1.807) is 36.7 Å². The molecule has 0 aliphatic carbocycles. The first-order valence-electron chi connectivity index (χ1n) is 5.79. The molecule has 98 valence electrons. The number of ether oxygens (including phenoxy) is 1. The predicted molar refractivity (Wildman–Crippen MR) is 69.8 cm³/mol. The molecule has 0 fully saturated rings. The molecule has 2 aromatic rings. The van der Waals surface area contributed by atoms with Crippen molar-refractivity contribution in [2.45, 2.75) is 6.04 Å². The Morgan fingerprint density at radius 1 is 1.11 bits per heavy atom. The second kappa shape index (κ2) is 5.86. The molecule has 2 rings (SSSR count). The van der Waals surface area contributed by atoms with Crippen LogP contribution in [0.1, 0.15) is 16.4 Å². The molecule has 0 spiro atoms. The summed E-state index contributed by atoms with van der Waals surface area (Å²) in [5.74, 6) is -0.249. The van der Waals surface area contributed by atoms with Gasteiger partial charge in [0.2, 0.25) is 0 Å². The average Bonchev–Trinajstić information content (AvgIpc) is 2.99. The van der Waals surface area contributed by atoms with Crippen molar-refractivity contribution in [2.24, 2.45) is 0 Å². The first kappa shape index (κ1) is 12.9. The molecule has 1 aromatic carbocycles. The summed E-state index contributed by atoms with van der Waals surface area (Å²) in [7, 11) is 1.26. The zero-order valence-electron chi connectivity index (χ0n) is 10.4. The van der Waals surface area contributed by atoms with Crippen LogP contribution in [0.25, 0.3) is 0 Å². The minimum atomic E-state index is -0.777. The van der Waals surface area contributed by atoms with Gasteiger partial charge in [-0.2, -0.15) is 0 Å². The Kier molecular flexibility index (Phi) is 3.97. The van der Waals surface area contributed by atoms with Crippen LogP contribution in [0.5, 0.6) is 0 Å². The smallest absolute Gasteiger partial charge is 0.407 e. The van der Waals surface area contributed by atoms with Crippen LogP contribution in [-0.4, -0.2) is 23.7 Å². The summed E-state index contributed by atoms with van der Waals surface area (Å²) in [6.07, 6.45) is 2.63. The van der Waals surface area contributed by atoms with Gasteiger partial charge in [0.15, 0.2) is 0 Å². The molecule has 5 heteroatoms.